The summed E-state index contributed by atoms with van der Waals surface area (Å²) in [6, 6.07) is 16.1. The van der Waals surface area contributed by atoms with Gasteiger partial charge >= 0.3 is 18.7 Å². The van der Waals surface area contributed by atoms with Crippen molar-refractivity contribution in [2.75, 3.05) is 11.4 Å². The maximum absolute atomic E-state index is 13.3. The number of rotatable bonds is 10. The molecule has 0 heterocycles. The van der Waals surface area contributed by atoms with Crippen molar-refractivity contribution in [3.63, 3.8) is 0 Å². The van der Waals surface area contributed by atoms with Crippen molar-refractivity contribution in [3.05, 3.63) is 78.4 Å². The fourth-order valence-electron chi connectivity index (χ4n) is 3.10. The molecule has 194 valence electrons. The van der Waals surface area contributed by atoms with E-state index in [1.807, 2.05) is 0 Å². The van der Waals surface area contributed by atoms with Crippen molar-refractivity contribution < 1.29 is 50.4 Å². The summed E-state index contributed by atoms with van der Waals surface area (Å²) in [5.74, 6) is -0.0607. The van der Waals surface area contributed by atoms with Crippen molar-refractivity contribution in [2.24, 2.45) is 0 Å². The van der Waals surface area contributed by atoms with Crippen LogP contribution in [0.15, 0.2) is 72.8 Å². The zero-order valence-electron chi connectivity index (χ0n) is 18.3. The van der Waals surface area contributed by atoms with Crippen molar-refractivity contribution >= 4 is 5.69 Å². The van der Waals surface area contributed by atoms with E-state index in [-0.39, 0.29) is 29.3 Å². The lowest BCUT2D eigenvalue weighted by atomic mass is 10.1. The average Bonchev–Trinajstić information content (AvgIpc) is 2.79. The van der Waals surface area contributed by atoms with Crippen LogP contribution in [0.4, 0.5) is 36.4 Å². The Balaban J connectivity index is 1.87. The molecule has 5 nitrogen and oxygen atoms in total. The second-order valence-electron chi connectivity index (χ2n) is 7.64. The largest absolute Gasteiger partial charge is 0.508 e. The van der Waals surface area contributed by atoms with E-state index < -0.39 is 37.1 Å². The molecule has 0 radical (unpaired) electrons. The molecule has 0 aliphatic rings. The molecule has 1 atom stereocenters. The van der Waals surface area contributed by atoms with Gasteiger partial charge in [-0.3, -0.25) is 0 Å². The highest BCUT2D eigenvalue weighted by Gasteiger charge is 2.44. The van der Waals surface area contributed by atoms with Crippen LogP contribution in [0.1, 0.15) is 5.56 Å². The quantitative estimate of drug-likeness (QED) is 0.306. The summed E-state index contributed by atoms with van der Waals surface area (Å²) in [5.41, 5.74) is 0.329. The predicted molar refractivity (Wildman–Crippen MR) is 116 cm³/mol. The SMILES string of the molecule is Oc1ccc(Oc2cccc(N(Cc3cccc(OC(F)(F)C(F)F)c3)CC(O)C(F)(F)F)c2)cc1. The van der Waals surface area contributed by atoms with Gasteiger partial charge in [0.1, 0.15) is 23.0 Å². The Labute approximate surface area is 200 Å². The van der Waals surface area contributed by atoms with Crippen LogP contribution in [0.2, 0.25) is 0 Å². The van der Waals surface area contributed by atoms with E-state index in [0.29, 0.717) is 5.75 Å². The molecule has 0 saturated heterocycles. The van der Waals surface area contributed by atoms with Gasteiger partial charge in [0.15, 0.2) is 6.10 Å². The van der Waals surface area contributed by atoms with E-state index in [1.54, 1.807) is 0 Å². The molecule has 3 rings (SSSR count). The fraction of sp³-hybridized carbons (Fsp3) is 0.250. The lowest BCUT2D eigenvalue weighted by Crippen LogP contribution is -2.40. The van der Waals surface area contributed by atoms with Crippen molar-refractivity contribution in [3.8, 4) is 23.0 Å². The molecule has 3 aromatic rings. The first kappa shape index (κ1) is 26.9. The normalized spacial score (nSPS) is 12.9. The van der Waals surface area contributed by atoms with Crippen molar-refractivity contribution in [1.29, 1.82) is 0 Å². The predicted octanol–water partition coefficient (Wildman–Crippen LogP) is 6.35. The van der Waals surface area contributed by atoms with E-state index >= 15 is 0 Å². The van der Waals surface area contributed by atoms with Crippen LogP contribution in [0.3, 0.4) is 0 Å². The zero-order valence-corrected chi connectivity index (χ0v) is 18.3. The molecule has 0 aliphatic heterocycles. The van der Waals surface area contributed by atoms with Crippen LogP contribution >= 0.6 is 0 Å². The van der Waals surface area contributed by atoms with Gasteiger partial charge in [0.2, 0.25) is 0 Å². The number of benzene rings is 3. The van der Waals surface area contributed by atoms with Gasteiger partial charge in [0.05, 0.1) is 6.54 Å². The molecular weight excluding hydrogens is 499 g/mol. The average molecular weight is 519 g/mol. The van der Waals surface area contributed by atoms with Crippen molar-refractivity contribution in [2.45, 2.75) is 31.4 Å². The van der Waals surface area contributed by atoms with E-state index in [9.17, 15) is 40.9 Å². The van der Waals surface area contributed by atoms with E-state index in [0.717, 1.165) is 17.0 Å². The lowest BCUT2D eigenvalue weighted by Gasteiger charge is -2.29. The van der Waals surface area contributed by atoms with E-state index in [4.69, 9.17) is 4.74 Å². The van der Waals surface area contributed by atoms with Crippen LogP contribution in [-0.2, 0) is 6.54 Å². The van der Waals surface area contributed by atoms with Crippen LogP contribution in [-0.4, -0.2) is 41.6 Å². The third-order valence-electron chi connectivity index (χ3n) is 4.81. The zero-order chi connectivity index (χ0) is 26.5. The number of nitrogens with zero attached hydrogens (tertiary/aromatic N) is 1. The van der Waals surface area contributed by atoms with Crippen LogP contribution in [0.25, 0.3) is 0 Å². The van der Waals surface area contributed by atoms with Gasteiger partial charge in [-0.25, -0.2) is 0 Å². The standard InChI is InChI=1S/C24H20F7NO4/c25-22(26)24(30,31)36-20-6-1-3-15(11-20)13-32(14-21(34)23(27,28)29)16-4-2-5-19(12-16)35-18-9-7-17(33)8-10-18/h1-12,21-22,33-34H,13-14H2. The minimum Gasteiger partial charge on any atom is -0.508 e. The van der Waals surface area contributed by atoms with Gasteiger partial charge in [-0.2, -0.15) is 30.7 Å². The van der Waals surface area contributed by atoms with E-state index in [1.165, 1.54) is 60.7 Å². The number of aromatic hydroxyl groups is 1. The summed E-state index contributed by atoms with van der Waals surface area (Å²) in [7, 11) is 0. The number of aliphatic hydroxyl groups is 1. The highest BCUT2D eigenvalue weighted by atomic mass is 19.4. The molecule has 0 aliphatic carbocycles. The smallest absolute Gasteiger partial charge is 0.461 e. The molecule has 0 bridgehead atoms. The number of anilines is 1. The summed E-state index contributed by atoms with van der Waals surface area (Å²) < 4.78 is 100. The van der Waals surface area contributed by atoms with Gasteiger partial charge in [-0.15, -0.1) is 0 Å². The summed E-state index contributed by atoms with van der Waals surface area (Å²) in [4.78, 5) is 1.12. The number of hydrogen-bond donors (Lipinski definition) is 2. The number of ether oxygens (including phenoxy) is 2. The molecule has 0 amide bonds. The van der Waals surface area contributed by atoms with E-state index in [2.05, 4.69) is 4.74 Å². The van der Waals surface area contributed by atoms with Crippen LogP contribution in [0, 0.1) is 0 Å². The van der Waals surface area contributed by atoms with Gasteiger partial charge in [0, 0.05) is 18.3 Å². The third-order valence-corrected chi connectivity index (χ3v) is 4.81. The Morgan fingerprint density at radius 3 is 2.08 bits per heavy atom. The second kappa shape index (κ2) is 10.9. The lowest BCUT2D eigenvalue weighted by molar-refractivity contribution is -0.253. The minimum absolute atomic E-state index is 0.000867. The number of aliphatic hydroxyl groups excluding tert-OH is 1. The first-order valence-electron chi connectivity index (χ1n) is 10.3. The number of hydrogen-bond acceptors (Lipinski definition) is 5. The number of alkyl halides is 7. The first-order chi connectivity index (χ1) is 16.8. The molecule has 1 unspecified atom stereocenters. The summed E-state index contributed by atoms with van der Waals surface area (Å²) in [6.45, 7) is -1.25. The van der Waals surface area contributed by atoms with Crippen LogP contribution < -0.4 is 14.4 Å². The maximum atomic E-state index is 13.3. The Morgan fingerprint density at radius 2 is 1.44 bits per heavy atom. The Morgan fingerprint density at radius 1 is 0.806 bits per heavy atom. The van der Waals surface area contributed by atoms with Gasteiger partial charge in [0.25, 0.3) is 0 Å². The van der Waals surface area contributed by atoms with Crippen LogP contribution in [0.5, 0.6) is 23.0 Å². The Kier molecular flexibility index (Phi) is 8.18. The molecule has 0 fully saturated rings. The minimum atomic E-state index is -4.94. The first-order valence-corrected chi connectivity index (χ1v) is 10.3. The summed E-state index contributed by atoms with van der Waals surface area (Å²) >= 11 is 0. The molecule has 2 N–H and O–H groups in total. The Hall–Kier alpha value is -3.67. The molecule has 0 aromatic heterocycles. The topological polar surface area (TPSA) is 62.2 Å². The highest BCUT2D eigenvalue weighted by molar-refractivity contribution is 5.52. The third kappa shape index (κ3) is 7.41. The monoisotopic (exact) mass is 519 g/mol. The molecular formula is C24H20F7NO4. The summed E-state index contributed by atoms with van der Waals surface area (Å²) in [6.07, 6.45) is -16.5. The molecule has 3 aromatic carbocycles. The summed E-state index contributed by atoms with van der Waals surface area (Å²) in [5, 5.41) is 19.0. The Bertz CT molecular complexity index is 1140. The van der Waals surface area contributed by atoms with Gasteiger partial charge in [-0.05, 0) is 54.1 Å². The molecule has 0 spiro atoms. The number of phenolic OH excluding ortho intramolecular Hbond substituents is 1. The maximum Gasteiger partial charge on any atom is 0.461 e. The van der Waals surface area contributed by atoms with Gasteiger partial charge < -0.3 is 24.6 Å². The van der Waals surface area contributed by atoms with Crippen molar-refractivity contribution in [1.82, 2.24) is 0 Å². The van der Waals surface area contributed by atoms with Gasteiger partial charge in [-0.1, -0.05) is 18.2 Å². The number of halogens is 7. The molecule has 36 heavy (non-hydrogen) atoms. The fourth-order valence-corrected chi connectivity index (χ4v) is 3.10. The highest BCUT2D eigenvalue weighted by Crippen LogP contribution is 2.31. The molecule has 12 heteroatoms. The number of phenols is 1. The molecule has 0 saturated carbocycles. The second-order valence-corrected chi connectivity index (χ2v) is 7.64.